The summed E-state index contributed by atoms with van der Waals surface area (Å²) in [7, 11) is 2.05. The number of nitrogens with one attached hydrogen (secondary N) is 1. The first-order chi connectivity index (χ1) is 9.79. The lowest BCUT2D eigenvalue weighted by molar-refractivity contribution is -0.0166. The van der Waals surface area contributed by atoms with E-state index in [0.29, 0.717) is 6.10 Å². The Labute approximate surface area is 137 Å². The van der Waals surface area contributed by atoms with Crippen LogP contribution in [0, 0.1) is 11.8 Å². The summed E-state index contributed by atoms with van der Waals surface area (Å²) >= 11 is 0. The molecule has 126 valence electrons. The fourth-order valence-corrected chi connectivity index (χ4v) is 3.71. The summed E-state index contributed by atoms with van der Waals surface area (Å²) in [5.41, 5.74) is 0. The number of halogens is 1. The summed E-state index contributed by atoms with van der Waals surface area (Å²) in [5, 5.41) is 3.27. The van der Waals surface area contributed by atoms with Gasteiger partial charge in [-0.1, -0.05) is 19.8 Å². The van der Waals surface area contributed by atoms with Gasteiger partial charge in [0.1, 0.15) is 0 Å². The van der Waals surface area contributed by atoms with Crippen molar-refractivity contribution in [3.8, 4) is 0 Å². The number of piperidine rings is 1. The van der Waals surface area contributed by atoms with Gasteiger partial charge in [-0.05, 0) is 70.6 Å². The largest absolute Gasteiger partial charge is 0.377 e. The molecule has 4 heteroatoms. The lowest BCUT2D eigenvalue weighted by Gasteiger charge is -2.33. The van der Waals surface area contributed by atoms with Crippen molar-refractivity contribution >= 4 is 12.4 Å². The van der Waals surface area contributed by atoms with Crippen molar-refractivity contribution in [2.24, 2.45) is 11.8 Å². The Bertz CT molecular complexity index is 257. The molecule has 0 radical (unpaired) electrons. The molecule has 0 spiro atoms. The Morgan fingerprint density at radius 1 is 1.10 bits per heavy atom. The topological polar surface area (TPSA) is 24.5 Å². The second-order valence-electron chi connectivity index (χ2n) is 6.85. The van der Waals surface area contributed by atoms with Gasteiger partial charge < -0.3 is 15.0 Å². The van der Waals surface area contributed by atoms with E-state index in [9.17, 15) is 0 Å². The quantitative estimate of drug-likeness (QED) is 0.779. The molecule has 2 atom stereocenters. The molecule has 0 aromatic rings. The molecular formula is C17H35ClN2O. The summed E-state index contributed by atoms with van der Waals surface area (Å²) in [6.45, 7) is 8.17. The molecule has 0 aromatic carbocycles. The molecule has 3 nitrogen and oxygen atoms in total. The molecule has 1 saturated carbocycles. The minimum absolute atomic E-state index is 0. The minimum atomic E-state index is 0. The minimum Gasteiger partial charge on any atom is -0.377 e. The van der Waals surface area contributed by atoms with Crippen LogP contribution in [-0.4, -0.2) is 50.8 Å². The van der Waals surface area contributed by atoms with Gasteiger partial charge in [-0.15, -0.1) is 12.4 Å². The van der Waals surface area contributed by atoms with Crippen molar-refractivity contribution in [2.75, 3.05) is 39.8 Å². The number of rotatable bonds is 7. The predicted octanol–water partition coefficient (Wildman–Crippen LogP) is 3.33. The average Bonchev–Trinajstić information content (AvgIpc) is 2.48. The Balaban J connectivity index is 0.00000220. The molecular weight excluding hydrogens is 284 g/mol. The van der Waals surface area contributed by atoms with Crippen molar-refractivity contribution in [1.82, 2.24) is 10.2 Å². The van der Waals surface area contributed by atoms with Crippen molar-refractivity contribution in [1.29, 1.82) is 0 Å². The van der Waals surface area contributed by atoms with Crippen LogP contribution in [0.1, 0.15) is 51.9 Å². The van der Waals surface area contributed by atoms with E-state index < -0.39 is 0 Å². The van der Waals surface area contributed by atoms with Crippen molar-refractivity contribution in [3.63, 3.8) is 0 Å². The van der Waals surface area contributed by atoms with E-state index in [2.05, 4.69) is 24.2 Å². The molecule has 0 amide bonds. The lowest BCUT2D eigenvalue weighted by Crippen LogP contribution is -2.37. The molecule has 1 saturated heterocycles. The van der Waals surface area contributed by atoms with Gasteiger partial charge in [0.15, 0.2) is 0 Å². The van der Waals surface area contributed by atoms with Gasteiger partial charge in [0.2, 0.25) is 0 Å². The van der Waals surface area contributed by atoms with Gasteiger partial charge in [-0.2, -0.15) is 0 Å². The van der Waals surface area contributed by atoms with Crippen molar-refractivity contribution in [2.45, 2.75) is 58.0 Å². The highest BCUT2D eigenvalue weighted by atomic mass is 35.5. The van der Waals surface area contributed by atoms with E-state index >= 15 is 0 Å². The highest BCUT2D eigenvalue weighted by Gasteiger charge is 2.22. The molecule has 1 N–H and O–H groups in total. The number of nitrogens with zero attached hydrogens (tertiary/aromatic N) is 1. The normalized spacial score (nSPS) is 28.3. The molecule has 0 bridgehead atoms. The third-order valence-corrected chi connectivity index (χ3v) is 5.28. The fourth-order valence-electron chi connectivity index (χ4n) is 3.71. The van der Waals surface area contributed by atoms with Crippen LogP contribution >= 0.6 is 12.4 Å². The molecule has 2 fully saturated rings. The van der Waals surface area contributed by atoms with Crippen molar-refractivity contribution in [3.05, 3.63) is 0 Å². The van der Waals surface area contributed by atoms with Crippen LogP contribution in [0.4, 0.5) is 0 Å². The van der Waals surface area contributed by atoms with Crippen LogP contribution in [0.15, 0.2) is 0 Å². The first-order valence-corrected chi connectivity index (χ1v) is 8.78. The SMILES string of the molecule is CNCCC1CCN(CCOC2CCCCC2C)CC1.Cl. The van der Waals surface area contributed by atoms with Gasteiger partial charge in [0.05, 0.1) is 12.7 Å². The van der Waals surface area contributed by atoms with Crippen LogP contribution in [0.2, 0.25) is 0 Å². The zero-order valence-electron chi connectivity index (χ0n) is 14.0. The molecule has 21 heavy (non-hydrogen) atoms. The first kappa shape index (κ1) is 19.2. The monoisotopic (exact) mass is 318 g/mol. The summed E-state index contributed by atoms with van der Waals surface area (Å²) in [4.78, 5) is 2.60. The fraction of sp³-hybridized carbons (Fsp3) is 1.00. The van der Waals surface area contributed by atoms with E-state index in [0.717, 1.165) is 25.0 Å². The number of likely N-dealkylation sites (tertiary alicyclic amines) is 1. The maximum absolute atomic E-state index is 6.14. The predicted molar refractivity (Wildman–Crippen MR) is 92.3 cm³/mol. The number of ether oxygens (including phenoxy) is 1. The van der Waals surface area contributed by atoms with E-state index in [1.807, 2.05) is 0 Å². The summed E-state index contributed by atoms with van der Waals surface area (Å²) in [5.74, 6) is 1.72. The lowest BCUT2D eigenvalue weighted by atomic mass is 9.88. The zero-order valence-corrected chi connectivity index (χ0v) is 14.8. The summed E-state index contributed by atoms with van der Waals surface area (Å²) in [6.07, 6.45) is 10.1. The van der Waals surface area contributed by atoms with Gasteiger partial charge >= 0.3 is 0 Å². The van der Waals surface area contributed by atoms with Crippen molar-refractivity contribution < 1.29 is 4.74 Å². The molecule has 2 unspecified atom stereocenters. The Morgan fingerprint density at radius 2 is 1.81 bits per heavy atom. The molecule has 1 aliphatic carbocycles. The van der Waals surface area contributed by atoms with Gasteiger partial charge in [-0.25, -0.2) is 0 Å². The molecule has 2 aliphatic rings. The van der Waals surface area contributed by atoms with Crippen LogP contribution in [0.5, 0.6) is 0 Å². The molecule has 1 aliphatic heterocycles. The third-order valence-electron chi connectivity index (χ3n) is 5.28. The van der Waals surface area contributed by atoms with Crippen LogP contribution < -0.4 is 5.32 Å². The standard InChI is InChI=1S/C17H34N2O.ClH/c1-15-5-3-4-6-17(15)20-14-13-19-11-8-16(9-12-19)7-10-18-2;/h15-18H,3-14H2,1-2H3;1H. The van der Waals surface area contributed by atoms with E-state index in [1.165, 1.54) is 64.6 Å². The zero-order chi connectivity index (χ0) is 14.2. The Kier molecular flexibility index (Phi) is 9.90. The molecule has 1 heterocycles. The van der Waals surface area contributed by atoms with Crippen LogP contribution in [-0.2, 0) is 4.74 Å². The summed E-state index contributed by atoms with van der Waals surface area (Å²) < 4.78 is 6.14. The highest BCUT2D eigenvalue weighted by Crippen LogP contribution is 2.26. The van der Waals surface area contributed by atoms with Gasteiger partial charge in [0.25, 0.3) is 0 Å². The Morgan fingerprint density at radius 3 is 2.48 bits per heavy atom. The van der Waals surface area contributed by atoms with Gasteiger partial charge in [-0.3, -0.25) is 0 Å². The highest BCUT2D eigenvalue weighted by molar-refractivity contribution is 5.85. The average molecular weight is 319 g/mol. The molecule has 2 rings (SSSR count). The molecule has 0 aromatic heterocycles. The first-order valence-electron chi connectivity index (χ1n) is 8.78. The van der Waals surface area contributed by atoms with E-state index in [-0.39, 0.29) is 12.4 Å². The second kappa shape index (κ2) is 10.8. The maximum atomic E-state index is 6.14. The second-order valence-corrected chi connectivity index (χ2v) is 6.85. The van der Waals surface area contributed by atoms with Crippen LogP contribution in [0.25, 0.3) is 0 Å². The maximum Gasteiger partial charge on any atom is 0.0601 e. The van der Waals surface area contributed by atoms with E-state index in [4.69, 9.17) is 4.74 Å². The number of hydrogen-bond donors (Lipinski definition) is 1. The number of hydrogen-bond acceptors (Lipinski definition) is 3. The smallest absolute Gasteiger partial charge is 0.0601 e. The third kappa shape index (κ3) is 6.85. The van der Waals surface area contributed by atoms with Gasteiger partial charge in [0, 0.05) is 6.54 Å². The van der Waals surface area contributed by atoms with Crippen LogP contribution in [0.3, 0.4) is 0 Å². The Hall–Kier alpha value is 0.170. The van der Waals surface area contributed by atoms with E-state index in [1.54, 1.807) is 0 Å². The summed E-state index contributed by atoms with van der Waals surface area (Å²) in [6, 6.07) is 0.